The first kappa shape index (κ1) is 8.31. The lowest BCUT2D eigenvalue weighted by Gasteiger charge is -2.07. The van der Waals surface area contributed by atoms with Crippen molar-refractivity contribution < 1.29 is 4.74 Å². The number of thiocarbonyl (C=S) groups is 1. The van der Waals surface area contributed by atoms with Crippen molar-refractivity contribution in [3.05, 3.63) is 23.8 Å². The van der Waals surface area contributed by atoms with E-state index >= 15 is 0 Å². The molecule has 1 aliphatic heterocycles. The standard InChI is InChI=1S/C9H10N2OS/c10-9(13)11-7-2-1-3-8-6(7)4-5-12-8/h1-3H,4-5H2,(H3,10,11,13). The Kier molecular flexibility index (Phi) is 2.06. The molecule has 0 saturated carbocycles. The number of ether oxygens (including phenoxy) is 1. The molecule has 0 spiro atoms. The van der Waals surface area contributed by atoms with Crippen LogP contribution >= 0.6 is 12.2 Å². The van der Waals surface area contributed by atoms with Crippen molar-refractivity contribution >= 4 is 23.0 Å². The second kappa shape index (κ2) is 3.22. The zero-order valence-corrected chi connectivity index (χ0v) is 7.86. The van der Waals surface area contributed by atoms with Crippen LogP contribution in [0.15, 0.2) is 18.2 Å². The fraction of sp³-hybridized carbons (Fsp3) is 0.222. The second-order valence-electron chi connectivity index (χ2n) is 2.87. The van der Waals surface area contributed by atoms with E-state index in [1.54, 1.807) is 0 Å². The highest BCUT2D eigenvalue weighted by Gasteiger charge is 2.15. The molecule has 0 saturated heterocycles. The minimum Gasteiger partial charge on any atom is -0.493 e. The van der Waals surface area contributed by atoms with Crippen molar-refractivity contribution in [2.45, 2.75) is 6.42 Å². The molecule has 0 atom stereocenters. The Bertz CT molecular complexity index is 351. The summed E-state index contributed by atoms with van der Waals surface area (Å²) in [5, 5.41) is 3.23. The molecule has 4 heteroatoms. The minimum absolute atomic E-state index is 0.292. The van der Waals surface area contributed by atoms with Crippen LogP contribution in [0.1, 0.15) is 5.56 Å². The van der Waals surface area contributed by atoms with E-state index in [1.165, 1.54) is 0 Å². The van der Waals surface area contributed by atoms with Crippen LogP contribution < -0.4 is 15.8 Å². The van der Waals surface area contributed by atoms with Crippen LogP contribution in [0.2, 0.25) is 0 Å². The lowest BCUT2D eigenvalue weighted by Crippen LogP contribution is -2.19. The van der Waals surface area contributed by atoms with Gasteiger partial charge in [-0.3, -0.25) is 0 Å². The molecule has 0 unspecified atom stereocenters. The molecule has 0 aliphatic carbocycles. The topological polar surface area (TPSA) is 47.3 Å². The first-order chi connectivity index (χ1) is 6.27. The van der Waals surface area contributed by atoms with Crippen LogP contribution in [0.3, 0.4) is 0 Å². The third-order valence-electron chi connectivity index (χ3n) is 2.00. The van der Waals surface area contributed by atoms with E-state index in [9.17, 15) is 0 Å². The predicted octanol–water partition coefficient (Wildman–Crippen LogP) is 1.28. The SMILES string of the molecule is NC(=S)Nc1cccc2c1CCO2. The van der Waals surface area contributed by atoms with Gasteiger partial charge in [0.05, 0.1) is 6.61 Å². The van der Waals surface area contributed by atoms with Crippen LogP contribution in [-0.2, 0) is 6.42 Å². The number of hydrogen-bond acceptors (Lipinski definition) is 2. The average molecular weight is 194 g/mol. The van der Waals surface area contributed by atoms with Crippen molar-refractivity contribution in [2.75, 3.05) is 11.9 Å². The number of benzene rings is 1. The van der Waals surface area contributed by atoms with Gasteiger partial charge in [-0.05, 0) is 24.4 Å². The molecule has 0 fully saturated rings. The largest absolute Gasteiger partial charge is 0.493 e. The summed E-state index contributed by atoms with van der Waals surface area (Å²) in [5.41, 5.74) is 7.52. The van der Waals surface area contributed by atoms with Gasteiger partial charge < -0.3 is 15.8 Å². The summed E-state index contributed by atoms with van der Waals surface area (Å²) in [6, 6.07) is 5.82. The molecule has 0 amide bonds. The quantitative estimate of drug-likeness (QED) is 0.661. The Morgan fingerprint density at radius 1 is 1.54 bits per heavy atom. The van der Waals surface area contributed by atoms with Gasteiger partial charge in [-0.15, -0.1) is 0 Å². The maximum absolute atomic E-state index is 5.40. The highest BCUT2D eigenvalue weighted by Crippen LogP contribution is 2.31. The first-order valence-corrected chi connectivity index (χ1v) is 4.49. The zero-order valence-electron chi connectivity index (χ0n) is 7.04. The van der Waals surface area contributed by atoms with Crippen molar-refractivity contribution in [3.63, 3.8) is 0 Å². The zero-order chi connectivity index (χ0) is 9.26. The molecular weight excluding hydrogens is 184 g/mol. The molecular formula is C9H10N2OS. The molecule has 1 aliphatic rings. The van der Waals surface area contributed by atoms with E-state index in [2.05, 4.69) is 5.32 Å². The molecule has 1 aromatic rings. The number of anilines is 1. The number of nitrogens with one attached hydrogen (secondary N) is 1. The maximum atomic E-state index is 5.40. The van der Waals surface area contributed by atoms with Gasteiger partial charge in [-0.25, -0.2) is 0 Å². The van der Waals surface area contributed by atoms with Gasteiger partial charge in [0.1, 0.15) is 5.75 Å². The average Bonchev–Trinajstić information content (AvgIpc) is 2.51. The smallest absolute Gasteiger partial charge is 0.168 e. The van der Waals surface area contributed by atoms with Crippen LogP contribution in [0.25, 0.3) is 0 Å². The summed E-state index contributed by atoms with van der Waals surface area (Å²) in [7, 11) is 0. The monoisotopic (exact) mass is 194 g/mol. The van der Waals surface area contributed by atoms with E-state index in [-0.39, 0.29) is 0 Å². The Morgan fingerprint density at radius 3 is 3.15 bits per heavy atom. The molecule has 3 nitrogen and oxygen atoms in total. The predicted molar refractivity (Wildman–Crippen MR) is 56.0 cm³/mol. The van der Waals surface area contributed by atoms with Gasteiger partial charge in [0.2, 0.25) is 0 Å². The Balaban J connectivity index is 2.36. The highest BCUT2D eigenvalue weighted by atomic mass is 32.1. The normalized spacial score (nSPS) is 13.2. The summed E-state index contributed by atoms with van der Waals surface area (Å²) in [5.74, 6) is 0.932. The molecule has 2 rings (SSSR count). The van der Waals surface area contributed by atoms with Crippen LogP contribution in [0.4, 0.5) is 5.69 Å². The Hall–Kier alpha value is -1.29. The van der Waals surface area contributed by atoms with Crippen LogP contribution in [0.5, 0.6) is 5.75 Å². The van der Waals surface area contributed by atoms with Gasteiger partial charge in [0.25, 0.3) is 0 Å². The van der Waals surface area contributed by atoms with Gasteiger partial charge in [0, 0.05) is 17.7 Å². The van der Waals surface area contributed by atoms with E-state index in [0.717, 1.165) is 30.0 Å². The third kappa shape index (κ3) is 1.58. The number of fused-ring (bicyclic) bond motifs is 1. The number of nitrogens with two attached hydrogens (primary N) is 1. The van der Waals surface area contributed by atoms with Crippen molar-refractivity contribution in [2.24, 2.45) is 5.73 Å². The second-order valence-corrected chi connectivity index (χ2v) is 3.31. The molecule has 0 aromatic heterocycles. The fourth-order valence-corrected chi connectivity index (χ4v) is 1.58. The van der Waals surface area contributed by atoms with E-state index in [0.29, 0.717) is 5.11 Å². The first-order valence-electron chi connectivity index (χ1n) is 4.08. The molecule has 1 heterocycles. The molecule has 3 N–H and O–H groups in total. The van der Waals surface area contributed by atoms with Crippen LogP contribution in [-0.4, -0.2) is 11.7 Å². The van der Waals surface area contributed by atoms with Gasteiger partial charge in [0.15, 0.2) is 5.11 Å². The van der Waals surface area contributed by atoms with E-state index in [1.807, 2.05) is 18.2 Å². The lowest BCUT2D eigenvalue weighted by atomic mass is 10.1. The van der Waals surface area contributed by atoms with Crippen molar-refractivity contribution in [1.29, 1.82) is 0 Å². The molecule has 0 radical (unpaired) electrons. The lowest BCUT2D eigenvalue weighted by molar-refractivity contribution is 0.357. The minimum atomic E-state index is 0.292. The Labute approximate surface area is 81.9 Å². The molecule has 0 bridgehead atoms. The van der Waals surface area contributed by atoms with E-state index < -0.39 is 0 Å². The number of rotatable bonds is 1. The van der Waals surface area contributed by atoms with Crippen molar-refractivity contribution in [3.8, 4) is 5.75 Å². The van der Waals surface area contributed by atoms with Gasteiger partial charge in [-0.2, -0.15) is 0 Å². The summed E-state index contributed by atoms with van der Waals surface area (Å²) in [6.45, 7) is 0.741. The maximum Gasteiger partial charge on any atom is 0.168 e. The molecule has 68 valence electrons. The third-order valence-corrected chi connectivity index (χ3v) is 2.10. The summed E-state index contributed by atoms with van der Waals surface area (Å²) in [6.07, 6.45) is 0.918. The molecule has 1 aromatic carbocycles. The Morgan fingerprint density at radius 2 is 2.38 bits per heavy atom. The number of hydrogen-bond donors (Lipinski definition) is 2. The van der Waals surface area contributed by atoms with Gasteiger partial charge >= 0.3 is 0 Å². The van der Waals surface area contributed by atoms with Crippen LogP contribution in [0, 0.1) is 0 Å². The summed E-state index contributed by atoms with van der Waals surface area (Å²) in [4.78, 5) is 0. The summed E-state index contributed by atoms with van der Waals surface area (Å²) < 4.78 is 5.40. The van der Waals surface area contributed by atoms with Crippen molar-refractivity contribution in [1.82, 2.24) is 0 Å². The summed E-state index contributed by atoms with van der Waals surface area (Å²) >= 11 is 4.77. The van der Waals surface area contributed by atoms with E-state index in [4.69, 9.17) is 22.7 Å². The van der Waals surface area contributed by atoms with Gasteiger partial charge in [-0.1, -0.05) is 6.07 Å². The molecule has 13 heavy (non-hydrogen) atoms. The highest BCUT2D eigenvalue weighted by molar-refractivity contribution is 7.80. The fourth-order valence-electron chi connectivity index (χ4n) is 1.47.